The Morgan fingerprint density at radius 1 is 1.35 bits per heavy atom. The first-order valence-electron chi connectivity index (χ1n) is 5.53. The lowest BCUT2D eigenvalue weighted by Crippen LogP contribution is -2.06. The highest BCUT2D eigenvalue weighted by molar-refractivity contribution is 7.71. The highest BCUT2D eigenvalue weighted by Crippen LogP contribution is 2.21. The van der Waals surface area contributed by atoms with Crippen LogP contribution in [0, 0.1) is 24.4 Å². The number of aromatic amines is 1. The van der Waals surface area contributed by atoms with Crippen LogP contribution >= 0.6 is 12.2 Å². The zero-order chi connectivity index (χ0) is 12.6. The number of benzene rings is 1. The second-order valence-electron chi connectivity index (χ2n) is 4.33. The van der Waals surface area contributed by atoms with Gasteiger partial charge in [0.05, 0.1) is 6.04 Å². The highest BCUT2D eigenvalue weighted by Gasteiger charge is 2.10. The predicted octanol–water partition coefficient (Wildman–Crippen LogP) is 3.91. The zero-order valence-electron chi connectivity index (χ0n) is 10.1. The van der Waals surface area contributed by atoms with Crippen molar-refractivity contribution in [3.8, 4) is 0 Å². The molecule has 1 heterocycles. The molecule has 0 fully saturated rings. The van der Waals surface area contributed by atoms with Crippen LogP contribution in [0.15, 0.2) is 24.4 Å². The molecule has 1 N–H and O–H groups in total. The third-order valence-corrected chi connectivity index (χ3v) is 3.28. The van der Waals surface area contributed by atoms with Gasteiger partial charge in [0.25, 0.3) is 0 Å². The number of nitrogens with one attached hydrogen (secondary N) is 1. The van der Waals surface area contributed by atoms with Gasteiger partial charge in [0, 0.05) is 11.9 Å². The van der Waals surface area contributed by atoms with Gasteiger partial charge in [-0.15, -0.1) is 0 Å². The summed E-state index contributed by atoms with van der Waals surface area (Å²) in [5.74, 6) is -0.173. The van der Waals surface area contributed by atoms with E-state index in [1.807, 2.05) is 30.7 Å². The van der Waals surface area contributed by atoms with Gasteiger partial charge in [-0.1, -0.05) is 12.1 Å². The van der Waals surface area contributed by atoms with Gasteiger partial charge in [0.15, 0.2) is 4.77 Å². The Balaban J connectivity index is 2.43. The van der Waals surface area contributed by atoms with E-state index in [1.165, 1.54) is 0 Å². The Morgan fingerprint density at radius 3 is 2.59 bits per heavy atom. The van der Waals surface area contributed by atoms with Crippen LogP contribution in [0.5, 0.6) is 0 Å². The third-order valence-electron chi connectivity index (χ3n) is 2.97. The fourth-order valence-electron chi connectivity index (χ4n) is 1.85. The van der Waals surface area contributed by atoms with Gasteiger partial charge >= 0.3 is 0 Å². The maximum Gasteiger partial charge on any atom is 0.177 e. The van der Waals surface area contributed by atoms with Crippen molar-refractivity contribution in [1.82, 2.24) is 9.55 Å². The van der Waals surface area contributed by atoms with Gasteiger partial charge < -0.3 is 9.55 Å². The molecular formula is C13H15FN2S. The smallest absolute Gasteiger partial charge is 0.177 e. The number of aryl methyl sites for hydroxylation is 2. The number of aromatic nitrogens is 2. The lowest BCUT2D eigenvalue weighted by atomic mass is 10.1. The van der Waals surface area contributed by atoms with Gasteiger partial charge in [-0.3, -0.25) is 0 Å². The predicted molar refractivity (Wildman–Crippen MR) is 69.3 cm³/mol. The first-order valence-corrected chi connectivity index (χ1v) is 5.93. The average Bonchev–Trinajstić information content (AvgIpc) is 2.61. The van der Waals surface area contributed by atoms with E-state index < -0.39 is 0 Å². The first kappa shape index (κ1) is 12.0. The first-order chi connectivity index (χ1) is 7.99. The molecule has 2 aromatic rings. The lowest BCUT2D eigenvalue weighted by Gasteiger charge is -2.14. The number of rotatable bonds is 2. The third kappa shape index (κ3) is 2.31. The van der Waals surface area contributed by atoms with E-state index in [9.17, 15) is 4.39 Å². The molecule has 4 heteroatoms. The Hall–Kier alpha value is -1.42. The van der Waals surface area contributed by atoms with Crippen LogP contribution in [-0.4, -0.2) is 9.55 Å². The quantitative estimate of drug-likeness (QED) is 0.801. The molecule has 0 radical (unpaired) electrons. The molecule has 90 valence electrons. The molecule has 0 aliphatic carbocycles. The standard InChI is InChI=1S/C13H15FN2S/c1-8-4-5-11(6-12(8)14)10(3)16-7-9(2)15-13(16)17/h4-7,10H,1-3H3,(H,15,17). The van der Waals surface area contributed by atoms with E-state index >= 15 is 0 Å². The summed E-state index contributed by atoms with van der Waals surface area (Å²) in [6, 6.07) is 5.34. The molecule has 0 bridgehead atoms. The number of hydrogen-bond donors (Lipinski definition) is 1. The van der Waals surface area contributed by atoms with Crippen molar-refractivity contribution in [2.75, 3.05) is 0 Å². The lowest BCUT2D eigenvalue weighted by molar-refractivity contribution is 0.595. The molecule has 0 aliphatic heterocycles. The number of imidazole rings is 1. The number of halogens is 1. The van der Waals surface area contributed by atoms with E-state index in [-0.39, 0.29) is 11.9 Å². The fraction of sp³-hybridized carbons (Fsp3) is 0.308. The summed E-state index contributed by atoms with van der Waals surface area (Å²) >= 11 is 5.22. The van der Waals surface area contributed by atoms with E-state index in [2.05, 4.69) is 4.98 Å². The Kier molecular flexibility index (Phi) is 3.15. The van der Waals surface area contributed by atoms with Crippen molar-refractivity contribution < 1.29 is 4.39 Å². The monoisotopic (exact) mass is 250 g/mol. The van der Waals surface area contributed by atoms with Crippen molar-refractivity contribution in [2.24, 2.45) is 0 Å². The van der Waals surface area contributed by atoms with E-state index in [0.717, 1.165) is 11.3 Å². The van der Waals surface area contributed by atoms with E-state index in [0.29, 0.717) is 10.3 Å². The minimum absolute atomic E-state index is 0.0301. The van der Waals surface area contributed by atoms with Crippen LogP contribution < -0.4 is 0 Å². The zero-order valence-corrected chi connectivity index (χ0v) is 10.9. The van der Waals surface area contributed by atoms with Gasteiger partial charge in [-0.2, -0.15) is 0 Å². The fourth-order valence-corrected chi connectivity index (χ4v) is 2.22. The SMILES string of the molecule is Cc1cn(C(C)c2ccc(C)c(F)c2)c(=S)[nH]1. The molecule has 1 atom stereocenters. The van der Waals surface area contributed by atoms with Gasteiger partial charge in [-0.25, -0.2) is 4.39 Å². The summed E-state index contributed by atoms with van der Waals surface area (Å²) < 4.78 is 16.1. The molecule has 0 saturated heterocycles. The minimum atomic E-state index is -0.173. The molecule has 17 heavy (non-hydrogen) atoms. The van der Waals surface area contributed by atoms with Crippen LogP contribution in [0.25, 0.3) is 0 Å². The van der Waals surface area contributed by atoms with Gasteiger partial charge in [-0.05, 0) is 50.2 Å². The molecule has 1 aromatic heterocycles. The van der Waals surface area contributed by atoms with Crippen molar-refractivity contribution in [2.45, 2.75) is 26.8 Å². The topological polar surface area (TPSA) is 20.7 Å². The Morgan fingerprint density at radius 2 is 2.06 bits per heavy atom. The molecule has 2 nitrogen and oxygen atoms in total. The molecular weight excluding hydrogens is 235 g/mol. The largest absolute Gasteiger partial charge is 0.335 e. The van der Waals surface area contributed by atoms with Crippen molar-refractivity contribution in [1.29, 1.82) is 0 Å². The summed E-state index contributed by atoms with van der Waals surface area (Å²) in [5, 5.41) is 0. The van der Waals surface area contributed by atoms with Crippen LogP contribution in [-0.2, 0) is 0 Å². The molecule has 1 unspecified atom stereocenters. The maximum atomic E-state index is 13.5. The summed E-state index contributed by atoms with van der Waals surface area (Å²) in [4.78, 5) is 3.07. The second-order valence-corrected chi connectivity index (χ2v) is 4.72. The van der Waals surface area contributed by atoms with Crippen LogP contribution in [0.3, 0.4) is 0 Å². The summed E-state index contributed by atoms with van der Waals surface area (Å²) in [7, 11) is 0. The highest BCUT2D eigenvalue weighted by atomic mass is 32.1. The van der Waals surface area contributed by atoms with Crippen LogP contribution in [0.4, 0.5) is 4.39 Å². The minimum Gasteiger partial charge on any atom is -0.335 e. The van der Waals surface area contributed by atoms with Crippen LogP contribution in [0.2, 0.25) is 0 Å². The van der Waals surface area contributed by atoms with Gasteiger partial charge in [0.2, 0.25) is 0 Å². The maximum absolute atomic E-state index is 13.5. The van der Waals surface area contributed by atoms with Gasteiger partial charge in [0.1, 0.15) is 5.82 Å². The van der Waals surface area contributed by atoms with Crippen LogP contribution in [0.1, 0.15) is 29.8 Å². The van der Waals surface area contributed by atoms with Crippen molar-refractivity contribution in [3.63, 3.8) is 0 Å². The molecule has 0 amide bonds. The molecule has 1 aromatic carbocycles. The Labute approximate surface area is 105 Å². The Bertz CT molecular complexity index is 598. The molecule has 0 aliphatic rings. The summed E-state index contributed by atoms with van der Waals surface area (Å²) in [5.41, 5.74) is 2.59. The van der Waals surface area contributed by atoms with E-state index in [4.69, 9.17) is 12.2 Å². The number of nitrogens with zero attached hydrogens (tertiary/aromatic N) is 1. The van der Waals surface area contributed by atoms with Crippen molar-refractivity contribution >= 4 is 12.2 Å². The summed E-state index contributed by atoms with van der Waals surface area (Å²) in [6.07, 6.45) is 1.95. The number of H-pyrrole nitrogens is 1. The van der Waals surface area contributed by atoms with E-state index in [1.54, 1.807) is 19.1 Å². The molecule has 0 saturated carbocycles. The van der Waals surface area contributed by atoms with Crippen molar-refractivity contribution in [3.05, 3.63) is 51.8 Å². The summed E-state index contributed by atoms with van der Waals surface area (Å²) in [6.45, 7) is 5.72. The normalized spacial score (nSPS) is 12.7. The second kappa shape index (κ2) is 4.45. The molecule has 0 spiro atoms. The molecule has 2 rings (SSSR count). The number of hydrogen-bond acceptors (Lipinski definition) is 1. The average molecular weight is 250 g/mol.